The summed E-state index contributed by atoms with van der Waals surface area (Å²) in [7, 11) is 3.06. The molecule has 0 saturated heterocycles. The molecule has 0 amide bonds. The van der Waals surface area contributed by atoms with Crippen LogP contribution in [0.4, 0.5) is 0 Å². The van der Waals surface area contributed by atoms with Gasteiger partial charge < -0.3 is 14.3 Å². The molecule has 0 radical (unpaired) electrons. The van der Waals surface area contributed by atoms with E-state index in [4.69, 9.17) is 0 Å². The number of hydrogen-bond acceptors (Lipinski definition) is 3. The molecule has 2 heterocycles. The molecule has 2 rings (SSSR count). The van der Waals surface area contributed by atoms with Crippen molar-refractivity contribution in [1.29, 1.82) is 0 Å². The Morgan fingerprint density at radius 3 is 2.93 bits per heavy atom. The number of ether oxygens (including phenoxy) is 1. The van der Waals surface area contributed by atoms with Gasteiger partial charge >= 0.3 is 5.97 Å². The van der Waals surface area contributed by atoms with Gasteiger partial charge in [-0.25, -0.2) is 4.79 Å². The minimum Gasteiger partial charge on any atom is -0.465 e. The predicted octanol–water partition coefficient (Wildman–Crippen LogP) is 0.653. The van der Waals surface area contributed by atoms with E-state index < -0.39 is 5.97 Å². The van der Waals surface area contributed by atoms with E-state index in [1.165, 1.54) is 7.11 Å². The van der Waals surface area contributed by atoms with Gasteiger partial charge in [0.2, 0.25) is 0 Å². The van der Waals surface area contributed by atoms with Gasteiger partial charge in [-0.1, -0.05) is 0 Å². The van der Waals surface area contributed by atoms with Crippen molar-refractivity contribution in [2.24, 2.45) is 7.05 Å². The summed E-state index contributed by atoms with van der Waals surface area (Å²) in [6.45, 7) is 0. The first-order valence-corrected chi connectivity index (χ1v) is 4.40. The molecule has 0 spiro atoms. The molecule has 1 N–H and O–H groups in total. The minimum atomic E-state index is -0.503. The first-order chi connectivity index (χ1) is 7.15. The van der Waals surface area contributed by atoms with Gasteiger partial charge in [-0.15, -0.1) is 0 Å². The average Bonchev–Trinajstić information content (AvgIpc) is 2.57. The first-order valence-electron chi connectivity index (χ1n) is 4.40. The Labute approximate surface area is 85.3 Å². The van der Waals surface area contributed by atoms with Crippen LogP contribution in [0.15, 0.2) is 23.3 Å². The van der Waals surface area contributed by atoms with Crippen molar-refractivity contribution in [2.45, 2.75) is 0 Å². The van der Waals surface area contributed by atoms with Gasteiger partial charge in [-0.2, -0.15) is 0 Å². The molecule has 0 bridgehead atoms. The second-order valence-corrected chi connectivity index (χ2v) is 3.21. The standard InChI is InChI=1S/C10H10N2O3/c1-12-5-6(10(14)15-2)8-7(12)3-4-11-9(8)13/h3-5H,1-2H3,(H,11,13). The lowest BCUT2D eigenvalue weighted by molar-refractivity contribution is 0.0602. The summed E-state index contributed by atoms with van der Waals surface area (Å²) in [6, 6.07) is 1.74. The van der Waals surface area contributed by atoms with Gasteiger partial charge in [0, 0.05) is 19.4 Å². The number of aromatic amines is 1. The summed E-state index contributed by atoms with van der Waals surface area (Å²) in [5.74, 6) is -0.503. The third kappa shape index (κ3) is 1.32. The van der Waals surface area contributed by atoms with E-state index in [9.17, 15) is 9.59 Å². The fraction of sp³-hybridized carbons (Fsp3) is 0.200. The van der Waals surface area contributed by atoms with Crippen LogP contribution in [0.25, 0.3) is 10.9 Å². The Kier molecular flexibility index (Phi) is 2.07. The Morgan fingerprint density at radius 2 is 2.27 bits per heavy atom. The summed E-state index contributed by atoms with van der Waals surface area (Å²) in [5, 5.41) is 0.367. The molecule has 2 aromatic rings. The molecular formula is C10H10N2O3. The van der Waals surface area contributed by atoms with Crippen LogP contribution in [0.1, 0.15) is 10.4 Å². The molecule has 0 aliphatic heterocycles. The maximum Gasteiger partial charge on any atom is 0.340 e. The summed E-state index contributed by atoms with van der Waals surface area (Å²) in [6.07, 6.45) is 3.14. The van der Waals surface area contributed by atoms with E-state index in [0.29, 0.717) is 10.9 Å². The zero-order chi connectivity index (χ0) is 11.0. The van der Waals surface area contributed by atoms with Gasteiger partial charge in [0.1, 0.15) is 0 Å². The van der Waals surface area contributed by atoms with Crippen molar-refractivity contribution in [3.63, 3.8) is 0 Å². The quantitative estimate of drug-likeness (QED) is 0.697. The number of carbonyl (C=O) groups is 1. The van der Waals surface area contributed by atoms with E-state index in [0.717, 1.165) is 0 Å². The number of pyridine rings is 1. The molecular weight excluding hydrogens is 196 g/mol. The van der Waals surface area contributed by atoms with Crippen LogP contribution < -0.4 is 5.56 Å². The topological polar surface area (TPSA) is 64.1 Å². The number of methoxy groups -OCH3 is 1. The Hall–Kier alpha value is -2.04. The summed E-state index contributed by atoms with van der Waals surface area (Å²) >= 11 is 0. The summed E-state index contributed by atoms with van der Waals surface area (Å²) in [4.78, 5) is 25.5. The predicted molar refractivity (Wildman–Crippen MR) is 54.9 cm³/mol. The summed E-state index contributed by atoms with van der Waals surface area (Å²) in [5.41, 5.74) is 0.713. The molecule has 0 saturated carbocycles. The average molecular weight is 206 g/mol. The number of rotatable bonds is 1. The van der Waals surface area contributed by atoms with Gasteiger partial charge in [0.25, 0.3) is 5.56 Å². The monoisotopic (exact) mass is 206 g/mol. The Morgan fingerprint density at radius 1 is 1.53 bits per heavy atom. The SMILES string of the molecule is COC(=O)c1cn(C)c2cc[nH]c(=O)c12. The highest BCUT2D eigenvalue weighted by Gasteiger charge is 2.16. The third-order valence-electron chi connectivity index (χ3n) is 2.32. The van der Waals surface area contributed by atoms with Crippen molar-refractivity contribution in [1.82, 2.24) is 9.55 Å². The highest BCUT2D eigenvalue weighted by Crippen LogP contribution is 2.16. The zero-order valence-corrected chi connectivity index (χ0v) is 8.40. The number of aryl methyl sites for hydroxylation is 1. The van der Waals surface area contributed by atoms with Crippen LogP contribution in [0, 0.1) is 0 Å². The molecule has 0 aromatic carbocycles. The van der Waals surface area contributed by atoms with Gasteiger partial charge in [0.15, 0.2) is 0 Å². The van der Waals surface area contributed by atoms with Crippen LogP contribution >= 0.6 is 0 Å². The maximum absolute atomic E-state index is 11.6. The smallest absolute Gasteiger partial charge is 0.340 e. The number of fused-ring (bicyclic) bond motifs is 1. The molecule has 0 fully saturated rings. The fourth-order valence-electron chi connectivity index (χ4n) is 1.61. The largest absolute Gasteiger partial charge is 0.465 e. The lowest BCUT2D eigenvalue weighted by Gasteiger charge is -1.94. The van der Waals surface area contributed by atoms with E-state index in [2.05, 4.69) is 9.72 Å². The van der Waals surface area contributed by atoms with Crippen molar-refractivity contribution >= 4 is 16.9 Å². The van der Waals surface area contributed by atoms with Gasteiger partial charge in [-0.05, 0) is 6.07 Å². The summed E-state index contributed by atoms with van der Waals surface area (Å²) < 4.78 is 6.33. The second-order valence-electron chi connectivity index (χ2n) is 3.21. The molecule has 5 heteroatoms. The van der Waals surface area contributed by atoms with Gasteiger partial charge in [-0.3, -0.25) is 4.79 Å². The number of nitrogens with zero attached hydrogens (tertiary/aromatic N) is 1. The number of hydrogen-bond donors (Lipinski definition) is 1. The Bertz CT molecular complexity index is 580. The number of aromatic nitrogens is 2. The first kappa shape index (κ1) is 9.51. The minimum absolute atomic E-state index is 0.284. The number of carbonyl (C=O) groups excluding carboxylic acids is 1. The van der Waals surface area contributed by atoms with Gasteiger partial charge in [0.05, 0.1) is 23.6 Å². The van der Waals surface area contributed by atoms with Crippen LogP contribution in [0.5, 0.6) is 0 Å². The van der Waals surface area contributed by atoms with E-state index in [1.807, 2.05) is 0 Å². The van der Waals surface area contributed by atoms with Crippen LogP contribution in [0.3, 0.4) is 0 Å². The molecule has 2 aromatic heterocycles. The highest BCUT2D eigenvalue weighted by atomic mass is 16.5. The number of H-pyrrole nitrogens is 1. The molecule has 0 aliphatic rings. The maximum atomic E-state index is 11.6. The fourth-order valence-corrected chi connectivity index (χ4v) is 1.61. The van der Waals surface area contributed by atoms with Crippen molar-refractivity contribution < 1.29 is 9.53 Å². The van der Waals surface area contributed by atoms with Crippen molar-refractivity contribution in [3.8, 4) is 0 Å². The second kappa shape index (κ2) is 3.27. The molecule has 5 nitrogen and oxygen atoms in total. The third-order valence-corrected chi connectivity index (χ3v) is 2.32. The van der Waals surface area contributed by atoms with Crippen LogP contribution in [0.2, 0.25) is 0 Å². The molecule has 78 valence electrons. The lowest BCUT2D eigenvalue weighted by atomic mass is 10.2. The van der Waals surface area contributed by atoms with Crippen LogP contribution in [-0.4, -0.2) is 22.6 Å². The molecule has 15 heavy (non-hydrogen) atoms. The molecule has 0 atom stereocenters. The van der Waals surface area contributed by atoms with Crippen LogP contribution in [-0.2, 0) is 11.8 Å². The van der Waals surface area contributed by atoms with E-state index in [1.54, 1.807) is 30.1 Å². The number of nitrogens with one attached hydrogen (secondary N) is 1. The van der Waals surface area contributed by atoms with Crippen molar-refractivity contribution in [3.05, 3.63) is 34.4 Å². The normalized spacial score (nSPS) is 10.5. The molecule has 0 unspecified atom stereocenters. The van der Waals surface area contributed by atoms with E-state index >= 15 is 0 Å². The van der Waals surface area contributed by atoms with E-state index in [-0.39, 0.29) is 11.1 Å². The highest BCUT2D eigenvalue weighted by molar-refractivity contribution is 6.03. The molecule has 0 aliphatic carbocycles. The lowest BCUT2D eigenvalue weighted by Crippen LogP contribution is -2.09. The number of esters is 1. The van der Waals surface area contributed by atoms with Crippen molar-refractivity contribution in [2.75, 3.05) is 7.11 Å². The zero-order valence-electron chi connectivity index (χ0n) is 8.40. The Balaban J connectivity index is 2.87.